The Labute approximate surface area is 201 Å². The van der Waals surface area contributed by atoms with Gasteiger partial charge >= 0.3 is 0 Å². The first-order valence-electron chi connectivity index (χ1n) is 10.9. The van der Waals surface area contributed by atoms with Crippen molar-refractivity contribution in [2.75, 3.05) is 12.3 Å². The first kappa shape index (κ1) is 23.8. The Morgan fingerprint density at radius 1 is 1.15 bits per heavy atom. The van der Waals surface area contributed by atoms with Crippen LogP contribution in [0.2, 0.25) is 5.02 Å². The minimum Gasteiger partial charge on any atom is -0.380 e. The third-order valence-electron chi connectivity index (χ3n) is 5.99. The maximum Gasteiger partial charge on any atom is 0.255 e. The molecule has 2 amide bonds. The van der Waals surface area contributed by atoms with E-state index in [2.05, 4.69) is 10.3 Å². The summed E-state index contributed by atoms with van der Waals surface area (Å²) in [6.07, 6.45) is -2.21. The van der Waals surface area contributed by atoms with E-state index in [1.807, 2.05) is 41.9 Å². The van der Waals surface area contributed by atoms with Gasteiger partial charge in [0.2, 0.25) is 0 Å². The van der Waals surface area contributed by atoms with Gasteiger partial charge in [-0.25, -0.2) is 0 Å². The molecule has 2 unspecified atom stereocenters. The molecule has 2 aliphatic heterocycles. The average molecular weight is 488 g/mol. The molecule has 0 spiro atoms. The van der Waals surface area contributed by atoms with Crippen molar-refractivity contribution < 1.29 is 19.8 Å². The molecular weight excluding hydrogens is 462 g/mol. The van der Waals surface area contributed by atoms with E-state index in [4.69, 9.17) is 11.6 Å². The van der Waals surface area contributed by atoms with E-state index in [0.29, 0.717) is 11.6 Å². The third kappa shape index (κ3) is 5.58. The molecular formula is C24H26ClN3O4S. The molecule has 2 aliphatic rings. The van der Waals surface area contributed by atoms with Crippen molar-refractivity contribution >= 4 is 40.7 Å². The fraction of sp³-hybridized carbons (Fsp3) is 0.375. The highest BCUT2D eigenvalue weighted by Gasteiger charge is 2.38. The maximum atomic E-state index is 12.9. The zero-order valence-corrected chi connectivity index (χ0v) is 19.5. The standard InChI is InChI=1S/C24H26ClN3O4S/c25-18-4-1-3-17(11-18)20-5-2-10-28(20)24(32)22(30)21(29)23(31)26-12-15-6-8-16(9-7-15)19-13-33-14-27-19/h1,3-4,6-9,11,14,19-22,29-30H,2,5,10,12-13H2,(H,26,31)/t19?,20?,21-,22-/m1/s1. The van der Waals surface area contributed by atoms with Gasteiger partial charge in [0, 0.05) is 23.9 Å². The molecule has 1 fully saturated rings. The predicted octanol–water partition coefficient (Wildman–Crippen LogP) is 2.86. The maximum absolute atomic E-state index is 12.9. The largest absolute Gasteiger partial charge is 0.380 e. The second-order valence-corrected chi connectivity index (χ2v) is 9.51. The summed E-state index contributed by atoms with van der Waals surface area (Å²) < 4.78 is 0. The van der Waals surface area contributed by atoms with Crippen LogP contribution in [0.25, 0.3) is 0 Å². The molecule has 7 nitrogen and oxygen atoms in total. The lowest BCUT2D eigenvalue weighted by Crippen LogP contribution is -2.50. The first-order chi connectivity index (χ1) is 15.9. The number of hydrogen-bond acceptors (Lipinski definition) is 6. The van der Waals surface area contributed by atoms with E-state index in [9.17, 15) is 19.8 Å². The van der Waals surface area contributed by atoms with Gasteiger partial charge in [0.25, 0.3) is 11.8 Å². The highest BCUT2D eigenvalue weighted by atomic mass is 35.5. The number of carbonyl (C=O) groups excluding carboxylic acids is 2. The Hall–Kier alpha value is -2.39. The Kier molecular flexibility index (Phi) is 7.70. The molecule has 2 aromatic rings. The molecule has 1 saturated heterocycles. The van der Waals surface area contributed by atoms with Gasteiger partial charge in [-0.3, -0.25) is 14.6 Å². The van der Waals surface area contributed by atoms with Crippen LogP contribution in [0.1, 0.15) is 41.6 Å². The van der Waals surface area contributed by atoms with Crippen molar-refractivity contribution in [1.82, 2.24) is 10.2 Å². The summed E-state index contributed by atoms with van der Waals surface area (Å²) in [7, 11) is 0. The van der Waals surface area contributed by atoms with Crippen molar-refractivity contribution in [2.24, 2.45) is 4.99 Å². The van der Waals surface area contributed by atoms with Crippen LogP contribution in [0.5, 0.6) is 0 Å². The van der Waals surface area contributed by atoms with E-state index in [-0.39, 0.29) is 18.6 Å². The average Bonchev–Trinajstić information content (AvgIpc) is 3.54. The summed E-state index contributed by atoms with van der Waals surface area (Å²) in [6.45, 7) is 0.617. The SMILES string of the molecule is O=C(NCc1ccc(C2CSC=N2)cc1)[C@H](O)[C@@H](O)C(=O)N1CCCC1c1cccc(Cl)c1. The summed E-state index contributed by atoms with van der Waals surface area (Å²) in [5, 5.41) is 23.9. The summed E-state index contributed by atoms with van der Waals surface area (Å²) >= 11 is 7.75. The van der Waals surface area contributed by atoms with Crippen LogP contribution in [0.15, 0.2) is 53.5 Å². The molecule has 2 heterocycles. The monoisotopic (exact) mass is 487 g/mol. The molecule has 3 N–H and O–H groups in total. The van der Waals surface area contributed by atoms with Crippen LogP contribution in [0, 0.1) is 0 Å². The minimum absolute atomic E-state index is 0.156. The summed E-state index contributed by atoms with van der Waals surface area (Å²) in [6, 6.07) is 14.8. The first-order valence-corrected chi connectivity index (χ1v) is 12.3. The van der Waals surface area contributed by atoms with Crippen LogP contribution < -0.4 is 5.32 Å². The van der Waals surface area contributed by atoms with Crippen LogP contribution in [0.4, 0.5) is 0 Å². The van der Waals surface area contributed by atoms with Crippen LogP contribution in [0.3, 0.4) is 0 Å². The van der Waals surface area contributed by atoms with Crippen molar-refractivity contribution in [3.63, 3.8) is 0 Å². The molecule has 174 valence electrons. The van der Waals surface area contributed by atoms with Gasteiger partial charge < -0.3 is 20.4 Å². The fourth-order valence-corrected chi connectivity index (χ4v) is 5.15. The van der Waals surface area contributed by atoms with E-state index >= 15 is 0 Å². The number of thioether (sulfide) groups is 1. The van der Waals surface area contributed by atoms with E-state index in [1.165, 1.54) is 4.90 Å². The predicted molar refractivity (Wildman–Crippen MR) is 129 cm³/mol. The minimum atomic E-state index is -1.86. The molecule has 2 aromatic carbocycles. The van der Waals surface area contributed by atoms with Crippen LogP contribution >= 0.6 is 23.4 Å². The number of rotatable bonds is 7. The Balaban J connectivity index is 1.33. The lowest BCUT2D eigenvalue weighted by atomic mass is 10.0. The Morgan fingerprint density at radius 3 is 2.64 bits per heavy atom. The normalized spacial score (nSPS) is 21.7. The number of hydrogen-bond donors (Lipinski definition) is 3. The number of likely N-dealkylation sites (tertiary alicyclic amines) is 1. The molecule has 0 bridgehead atoms. The third-order valence-corrected chi connectivity index (χ3v) is 7.00. The number of aliphatic hydroxyl groups excluding tert-OH is 2. The lowest BCUT2D eigenvalue weighted by Gasteiger charge is -2.28. The number of aliphatic hydroxyl groups is 2. The van der Waals surface area contributed by atoms with E-state index < -0.39 is 24.0 Å². The zero-order valence-electron chi connectivity index (χ0n) is 17.9. The van der Waals surface area contributed by atoms with Crippen LogP contribution in [-0.2, 0) is 16.1 Å². The van der Waals surface area contributed by atoms with E-state index in [0.717, 1.165) is 35.3 Å². The molecule has 4 atom stereocenters. The zero-order chi connectivity index (χ0) is 23.4. The number of carbonyl (C=O) groups is 2. The fourth-order valence-electron chi connectivity index (χ4n) is 4.17. The van der Waals surface area contributed by atoms with Gasteiger partial charge in [-0.1, -0.05) is 48.0 Å². The number of amides is 2. The summed E-state index contributed by atoms with van der Waals surface area (Å²) in [5.41, 5.74) is 4.67. The molecule has 0 aromatic heterocycles. The van der Waals surface area contributed by atoms with Gasteiger partial charge in [0.05, 0.1) is 17.6 Å². The molecule has 0 radical (unpaired) electrons. The second kappa shape index (κ2) is 10.7. The second-order valence-electron chi connectivity index (χ2n) is 8.20. The molecule has 9 heteroatoms. The quantitative estimate of drug-likeness (QED) is 0.557. The highest BCUT2D eigenvalue weighted by molar-refractivity contribution is 8.12. The molecule has 33 heavy (non-hydrogen) atoms. The van der Waals surface area contributed by atoms with Crippen molar-refractivity contribution in [1.29, 1.82) is 0 Å². The smallest absolute Gasteiger partial charge is 0.255 e. The van der Waals surface area contributed by atoms with Gasteiger partial charge in [-0.2, -0.15) is 0 Å². The number of aliphatic imine (C=N–C) groups is 1. The number of nitrogens with zero attached hydrogens (tertiary/aromatic N) is 2. The van der Waals surface area contributed by atoms with Crippen molar-refractivity contribution in [3.8, 4) is 0 Å². The highest BCUT2D eigenvalue weighted by Crippen LogP contribution is 2.33. The van der Waals surface area contributed by atoms with Gasteiger partial charge in [-0.05, 0) is 41.7 Å². The van der Waals surface area contributed by atoms with Crippen molar-refractivity contribution in [2.45, 2.75) is 43.7 Å². The lowest BCUT2D eigenvalue weighted by molar-refractivity contribution is -0.153. The molecule has 0 saturated carbocycles. The van der Waals surface area contributed by atoms with Crippen molar-refractivity contribution in [3.05, 3.63) is 70.2 Å². The topological polar surface area (TPSA) is 102 Å². The number of halogens is 1. The Bertz CT molecular complexity index is 1030. The number of benzene rings is 2. The molecule has 0 aliphatic carbocycles. The van der Waals surface area contributed by atoms with Crippen LogP contribution in [-0.4, -0.2) is 57.0 Å². The number of nitrogens with one attached hydrogen (secondary N) is 1. The van der Waals surface area contributed by atoms with E-state index in [1.54, 1.807) is 23.9 Å². The van der Waals surface area contributed by atoms with Gasteiger partial charge in [0.15, 0.2) is 12.2 Å². The van der Waals surface area contributed by atoms with Gasteiger partial charge in [-0.15, -0.1) is 11.8 Å². The molecule has 4 rings (SSSR count). The van der Waals surface area contributed by atoms with Gasteiger partial charge in [0.1, 0.15) is 0 Å². The summed E-state index contributed by atoms with van der Waals surface area (Å²) in [4.78, 5) is 31.2. The summed E-state index contributed by atoms with van der Waals surface area (Å²) in [5.74, 6) is -0.543. The Morgan fingerprint density at radius 2 is 1.94 bits per heavy atom.